The van der Waals surface area contributed by atoms with Gasteiger partial charge >= 0.3 is 0 Å². The van der Waals surface area contributed by atoms with Gasteiger partial charge in [0.15, 0.2) is 0 Å². The minimum Gasteiger partial charge on any atom is -0.396 e. The first-order chi connectivity index (χ1) is 29.7. The van der Waals surface area contributed by atoms with Crippen molar-refractivity contribution in [1.82, 2.24) is 5.32 Å². The van der Waals surface area contributed by atoms with Crippen LogP contribution < -0.4 is 5.32 Å². The topological polar surface area (TPSA) is 52.5 Å². The summed E-state index contributed by atoms with van der Waals surface area (Å²) in [5.74, 6) is 13.7. The van der Waals surface area contributed by atoms with E-state index in [9.17, 15) is 10.2 Å². The number of aliphatic hydroxyl groups excluding tert-OH is 2. The van der Waals surface area contributed by atoms with Gasteiger partial charge in [-0.1, -0.05) is 76.2 Å². The second-order valence-electron chi connectivity index (χ2n) is 29.3. The maximum atomic E-state index is 10.8. The maximum absolute atomic E-state index is 10.8. The first-order valence-electron chi connectivity index (χ1n) is 28.8. The van der Waals surface area contributed by atoms with Crippen molar-refractivity contribution < 1.29 is 10.2 Å². The molecule has 15 saturated carbocycles. The lowest BCUT2D eigenvalue weighted by Gasteiger charge is -2.62. The lowest BCUT2D eigenvalue weighted by atomic mass is 9.45. The third-order valence-electron chi connectivity index (χ3n) is 22.2. The molecule has 0 aromatic carbocycles. The Morgan fingerprint density at radius 3 is 1.19 bits per heavy atom. The van der Waals surface area contributed by atoms with Crippen LogP contribution in [-0.4, -0.2) is 34.5 Å². The van der Waals surface area contributed by atoms with Gasteiger partial charge < -0.3 is 15.5 Å². The summed E-state index contributed by atoms with van der Waals surface area (Å²) in [6.07, 6.45) is 37.8. The molecule has 0 aromatic heterocycles. The molecule has 0 saturated heterocycles. The summed E-state index contributed by atoms with van der Waals surface area (Å²) >= 11 is 0. The Kier molecular flexibility index (Phi) is 15.1. The van der Waals surface area contributed by atoms with Gasteiger partial charge in [-0.05, 0) is 277 Å². The number of nitrogens with one attached hydrogen (secondary N) is 1. The molecule has 3 N–H and O–H groups in total. The highest BCUT2D eigenvalue weighted by atomic mass is 16.3. The van der Waals surface area contributed by atoms with Crippen molar-refractivity contribution in [3.8, 4) is 0 Å². The Morgan fingerprint density at radius 1 is 0.460 bits per heavy atom. The Morgan fingerprint density at radius 2 is 0.825 bits per heavy atom. The SMILES string of the molecule is CC(C)CC(C)C12CC3CC(CC(C3)C1)C2.CC(C)CC(C)C12CC3CC(CC(C3)C1O)C2.CC(C)CC(CO)C12CC3CC(CC(C3)C1)C2.CC(C)NC12CCC(C)(CC1)CC2. The van der Waals surface area contributed by atoms with Crippen LogP contribution in [0, 0.1) is 110 Å². The molecule has 3 nitrogen and oxygen atoms in total. The molecule has 0 radical (unpaired) electrons. The second kappa shape index (κ2) is 19.3. The molecule has 15 fully saturated rings. The summed E-state index contributed by atoms with van der Waals surface area (Å²) in [7, 11) is 0. The molecule has 15 aliphatic rings. The van der Waals surface area contributed by atoms with E-state index in [4.69, 9.17) is 0 Å². The van der Waals surface area contributed by atoms with Gasteiger partial charge in [-0.3, -0.25) is 0 Å². The van der Waals surface area contributed by atoms with Crippen molar-refractivity contribution >= 4 is 0 Å². The summed E-state index contributed by atoms with van der Waals surface area (Å²) in [6.45, 7) is 26.5. The molecule has 0 amide bonds. The van der Waals surface area contributed by atoms with Crippen LogP contribution in [0.3, 0.4) is 0 Å². The third-order valence-corrected chi connectivity index (χ3v) is 22.2. The van der Waals surface area contributed by atoms with Gasteiger partial charge in [0.2, 0.25) is 0 Å². The van der Waals surface area contributed by atoms with Crippen LogP contribution in [0.4, 0.5) is 0 Å². The van der Waals surface area contributed by atoms with E-state index < -0.39 is 0 Å². The number of fused-ring (bicyclic) bond motifs is 3. The molecule has 15 rings (SSSR count). The van der Waals surface area contributed by atoms with Crippen LogP contribution in [0.2, 0.25) is 0 Å². The maximum Gasteiger partial charge on any atom is 0.0627 e. The van der Waals surface area contributed by atoms with Crippen molar-refractivity contribution in [2.24, 2.45) is 110 Å². The first-order valence-corrected chi connectivity index (χ1v) is 28.8. The molecule has 0 heterocycles. The number of hydrogen-bond acceptors (Lipinski definition) is 3. The zero-order chi connectivity index (χ0) is 45.1. The minimum absolute atomic E-state index is 0.0176. The van der Waals surface area contributed by atoms with Crippen LogP contribution >= 0.6 is 0 Å². The summed E-state index contributed by atoms with van der Waals surface area (Å²) in [4.78, 5) is 0. The molecule has 63 heavy (non-hydrogen) atoms. The van der Waals surface area contributed by atoms with Crippen LogP contribution in [0.1, 0.15) is 243 Å². The molecule has 3 heteroatoms. The molecule has 0 aromatic rings. The van der Waals surface area contributed by atoms with Crippen LogP contribution in [0.15, 0.2) is 0 Å². The monoisotopic (exact) mass is 874 g/mol. The van der Waals surface area contributed by atoms with Gasteiger partial charge in [-0.25, -0.2) is 0 Å². The number of aliphatic hydroxyl groups is 2. The van der Waals surface area contributed by atoms with E-state index in [0.29, 0.717) is 52.2 Å². The zero-order valence-electron chi connectivity index (χ0n) is 43.8. The van der Waals surface area contributed by atoms with E-state index in [2.05, 4.69) is 81.5 Å². The molecule has 0 spiro atoms. The van der Waals surface area contributed by atoms with Gasteiger partial charge in [0.1, 0.15) is 0 Å². The second-order valence-corrected chi connectivity index (χ2v) is 29.3. The van der Waals surface area contributed by atoms with Gasteiger partial charge in [0, 0.05) is 18.2 Å². The fourth-order valence-electron chi connectivity index (χ4n) is 20.4. The smallest absolute Gasteiger partial charge is 0.0627 e. The molecule has 0 aliphatic heterocycles. The van der Waals surface area contributed by atoms with Crippen LogP contribution in [0.25, 0.3) is 0 Å². The van der Waals surface area contributed by atoms with Crippen LogP contribution in [0.5, 0.6) is 0 Å². The summed E-state index contributed by atoms with van der Waals surface area (Å²) < 4.78 is 0. The summed E-state index contributed by atoms with van der Waals surface area (Å²) in [5, 5.41) is 24.4. The van der Waals surface area contributed by atoms with E-state index in [1.807, 2.05) is 0 Å². The highest BCUT2D eigenvalue weighted by Crippen LogP contribution is 2.66. The van der Waals surface area contributed by atoms with Gasteiger partial charge in [-0.2, -0.15) is 0 Å². The molecule has 364 valence electrons. The molecule has 15 aliphatic carbocycles. The van der Waals surface area contributed by atoms with Crippen molar-refractivity contribution in [2.75, 3.05) is 6.61 Å². The fourth-order valence-corrected chi connectivity index (χ4v) is 20.4. The highest BCUT2D eigenvalue weighted by molar-refractivity contribution is 5.09. The fraction of sp³-hybridized carbons (Fsp3) is 1.00. The summed E-state index contributed by atoms with van der Waals surface area (Å²) in [5.41, 5.74) is 2.89. The Bertz CT molecular complexity index is 1360. The third kappa shape index (κ3) is 10.7. The first kappa shape index (κ1) is 49.3. The Labute approximate surface area is 391 Å². The molecular formula is C60H107NO2. The van der Waals surface area contributed by atoms with E-state index in [1.165, 1.54) is 128 Å². The quantitative estimate of drug-likeness (QED) is 0.183. The largest absolute Gasteiger partial charge is 0.396 e. The number of rotatable bonds is 12. The zero-order valence-corrected chi connectivity index (χ0v) is 43.8. The highest BCUT2D eigenvalue weighted by Gasteiger charge is 2.59. The standard InChI is InChI=1S/2C16H28O.C16H28.C12H23N/c1-11(2)3-15(10-17)16-7-12-4-13(8-16)6-14(5-12)9-16;1-10(2)4-11(3)16-8-12-5-13(9-16)7-14(6-12)15(16)17;1-11(2)4-12(3)16-8-13-5-14(9-16)7-15(6-13)10-16;1-10(2)13-12-7-4-11(3,5-8-12)6-9-12/h11-15,17H,3-10H2,1-2H3;10-15,17H,4-9H2,1-3H3;11-15H,4-10H2,1-3H3;10,13H,4-9H2,1-3H3. The van der Waals surface area contributed by atoms with Gasteiger partial charge in [-0.15, -0.1) is 0 Å². The van der Waals surface area contributed by atoms with E-state index >= 15 is 0 Å². The van der Waals surface area contributed by atoms with E-state index in [0.717, 1.165) is 76.4 Å². The van der Waals surface area contributed by atoms with Crippen molar-refractivity contribution in [1.29, 1.82) is 0 Å². The Hall–Kier alpha value is -0.120. The number of hydrogen-bond donors (Lipinski definition) is 3. The molecular weight excluding hydrogens is 767 g/mol. The summed E-state index contributed by atoms with van der Waals surface area (Å²) in [6, 6.07) is 0.655. The Balaban J connectivity index is 0.000000116. The molecule has 6 unspecified atom stereocenters. The lowest BCUT2D eigenvalue weighted by molar-refractivity contribution is -0.180. The molecule has 6 atom stereocenters. The van der Waals surface area contributed by atoms with Gasteiger partial charge in [0.25, 0.3) is 0 Å². The van der Waals surface area contributed by atoms with Crippen LogP contribution in [-0.2, 0) is 0 Å². The average molecular weight is 875 g/mol. The predicted octanol–water partition coefficient (Wildman–Crippen LogP) is 15.7. The molecule has 14 bridgehead atoms. The van der Waals surface area contributed by atoms with E-state index in [1.54, 1.807) is 38.5 Å². The van der Waals surface area contributed by atoms with Crippen molar-refractivity contribution in [3.63, 3.8) is 0 Å². The predicted molar refractivity (Wildman–Crippen MR) is 267 cm³/mol. The van der Waals surface area contributed by atoms with Crippen molar-refractivity contribution in [2.45, 2.75) is 261 Å². The average Bonchev–Trinajstić information content (AvgIpc) is 3.18. The minimum atomic E-state index is 0.0176. The van der Waals surface area contributed by atoms with Crippen molar-refractivity contribution in [3.05, 3.63) is 0 Å². The van der Waals surface area contributed by atoms with Gasteiger partial charge in [0.05, 0.1) is 6.10 Å². The normalized spacial score (nSPS) is 47.0. The lowest BCUT2D eigenvalue weighted by Crippen LogP contribution is -2.58. The van der Waals surface area contributed by atoms with E-state index in [-0.39, 0.29) is 6.10 Å².